The largest absolute Gasteiger partial charge is 0.463 e. The Morgan fingerprint density at radius 1 is 1.11 bits per heavy atom. The van der Waals surface area contributed by atoms with Gasteiger partial charge in [-0.25, -0.2) is 4.79 Å². The molecule has 2 heterocycles. The summed E-state index contributed by atoms with van der Waals surface area (Å²) in [7, 11) is 1.08. The molecule has 0 saturated carbocycles. The molecule has 1 aliphatic rings. The third kappa shape index (κ3) is 4.44. The van der Waals surface area contributed by atoms with Crippen molar-refractivity contribution in [2.45, 2.75) is 18.8 Å². The van der Waals surface area contributed by atoms with Gasteiger partial charge in [-0.15, -0.1) is 0 Å². The number of furan rings is 1. The van der Waals surface area contributed by atoms with Gasteiger partial charge in [0.05, 0.1) is 19.4 Å². The number of carbonyl (C=O) groups is 3. The molecular formula is C20H18O7. The van der Waals surface area contributed by atoms with Crippen molar-refractivity contribution in [2.24, 2.45) is 0 Å². The van der Waals surface area contributed by atoms with Gasteiger partial charge in [0.1, 0.15) is 17.8 Å². The highest BCUT2D eigenvalue weighted by atomic mass is 16.7. The van der Waals surface area contributed by atoms with E-state index in [9.17, 15) is 14.4 Å². The van der Waals surface area contributed by atoms with Crippen LogP contribution in [0.4, 0.5) is 0 Å². The summed E-state index contributed by atoms with van der Waals surface area (Å²) in [6.07, 6.45) is 1.50. The van der Waals surface area contributed by atoms with E-state index in [1.54, 1.807) is 6.07 Å². The van der Waals surface area contributed by atoms with E-state index in [2.05, 4.69) is 4.74 Å². The van der Waals surface area contributed by atoms with Crippen LogP contribution in [0.3, 0.4) is 0 Å². The lowest BCUT2D eigenvalue weighted by atomic mass is 9.95. The monoisotopic (exact) mass is 370 g/mol. The van der Waals surface area contributed by atoms with Crippen LogP contribution in [-0.4, -0.2) is 31.4 Å². The van der Waals surface area contributed by atoms with Crippen LogP contribution in [0, 0.1) is 0 Å². The summed E-state index contributed by atoms with van der Waals surface area (Å²) in [4.78, 5) is 34.9. The average Bonchev–Trinajstić information content (AvgIpc) is 3.38. The quantitative estimate of drug-likeness (QED) is 0.305. The first-order chi connectivity index (χ1) is 13.1. The molecule has 1 atom stereocenters. The molecule has 0 amide bonds. The second kappa shape index (κ2) is 8.35. The molecule has 0 radical (unpaired) electrons. The van der Waals surface area contributed by atoms with Crippen LogP contribution in [0.25, 0.3) is 0 Å². The molecule has 1 unspecified atom stereocenters. The minimum Gasteiger partial charge on any atom is -0.463 e. The van der Waals surface area contributed by atoms with Gasteiger partial charge in [0.2, 0.25) is 18.4 Å². The first kappa shape index (κ1) is 18.4. The summed E-state index contributed by atoms with van der Waals surface area (Å²) in [6.45, 7) is 0.126. The van der Waals surface area contributed by atoms with E-state index < -0.39 is 24.0 Å². The summed E-state index contributed by atoms with van der Waals surface area (Å²) in [5.41, 5.74) is 1.06. The lowest BCUT2D eigenvalue weighted by Gasteiger charge is -2.14. The molecular weight excluding hydrogens is 352 g/mol. The van der Waals surface area contributed by atoms with Crippen molar-refractivity contribution >= 4 is 17.5 Å². The van der Waals surface area contributed by atoms with Gasteiger partial charge in [0.15, 0.2) is 5.76 Å². The number of ether oxygens (including phenoxy) is 3. The Kier molecular flexibility index (Phi) is 5.71. The fourth-order valence-corrected chi connectivity index (χ4v) is 2.74. The Bertz CT molecular complexity index is 863. The highest BCUT2D eigenvalue weighted by Crippen LogP contribution is 2.32. The van der Waals surface area contributed by atoms with E-state index in [0.717, 1.165) is 12.7 Å². The zero-order chi connectivity index (χ0) is 19.2. The molecule has 0 saturated heterocycles. The Morgan fingerprint density at radius 3 is 2.56 bits per heavy atom. The van der Waals surface area contributed by atoms with Gasteiger partial charge in [-0.1, -0.05) is 30.3 Å². The van der Waals surface area contributed by atoms with E-state index in [-0.39, 0.29) is 18.5 Å². The molecule has 0 bridgehead atoms. The van der Waals surface area contributed by atoms with Crippen molar-refractivity contribution in [3.63, 3.8) is 0 Å². The summed E-state index contributed by atoms with van der Waals surface area (Å²) in [6, 6.07) is 12.9. The number of methoxy groups -OCH3 is 1. The predicted molar refractivity (Wildman–Crippen MR) is 92.7 cm³/mol. The van der Waals surface area contributed by atoms with E-state index in [1.165, 1.54) is 12.3 Å². The number of carbonyl (C=O) groups excluding carboxylic acids is 3. The highest BCUT2D eigenvalue weighted by molar-refractivity contribution is 6.37. The number of benzene rings is 1. The smallest absolute Gasteiger partial charge is 0.374 e. The number of hydrogen-bond acceptors (Lipinski definition) is 7. The molecule has 0 N–H and O–H groups in total. The van der Waals surface area contributed by atoms with Gasteiger partial charge in [0.25, 0.3) is 0 Å². The van der Waals surface area contributed by atoms with Crippen LogP contribution in [0.2, 0.25) is 0 Å². The number of hydrogen-bond donors (Lipinski definition) is 0. The number of allylic oxidation sites excluding steroid dienone is 1. The van der Waals surface area contributed by atoms with E-state index in [1.807, 2.05) is 30.3 Å². The van der Waals surface area contributed by atoms with Crippen molar-refractivity contribution < 1.29 is 33.0 Å². The highest BCUT2D eigenvalue weighted by Gasteiger charge is 2.27. The van der Waals surface area contributed by atoms with Crippen LogP contribution in [0.5, 0.6) is 0 Å². The SMILES string of the molecule is COC(=O)C(=O)CC(=O)c1ccc(C(Cc2ccccc2)C2=COCO2)o1. The van der Waals surface area contributed by atoms with Gasteiger partial charge >= 0.3 is 5.97 Å². The Balaban J connectivity index is 1.79. The van der Waals surface area contributed by atoms with Crippen LogP contribution in [0.1, 0.15) is 34.2 Å². The average molecular weight is 370 g/mol. The van der Waals surface area contributed by atoms with Crippen molar-refractivity contribution in [2.75, 3.05) is 13.9 Å². The molecule has 0 fully saturated rings. The van der Waals surface area contributed by atoms with Gasteiger partial charge in [-0.05, 0) is 24.1 Å². The molecule has 140 valence electrons. The van der Waals surface area contributed by atoms with E-state index in [0.29, 0.717) is 17.9 Å². The molecule has 0 spiro atoms. The molecule has 7 nitrogen and oxygen atoms in total. The summed E-state index contributed by atoms with van der Waals surface area (Å²) in [5, 5.41) is 0. The van der Waals surface area contributed by atoms with Crippen LogP contribution < -0.4 is 0 Å². The van der Waals surface area contributed by atoms with Crippen molar-refractivity contribution in [3.05, 3.63) is 71.6 Å². The second-order valence-corrected chi connectivity index (χ2v) is 5.91. The fraction of sp³-hybridized carbons (Fsp3) is 0.250. The van der Waals surface area contributed by atoms with Gasteiger partial charge in [-0.2, -0.15) is 0 Å². The topological polar surface area (TPSA) is 92.0 Å². The van der Waals surface area contributed by atoms with Crippen LogP contribution >= 0.6 is 0 Å². The van der Waals surface area contributed by atoms with Crippen LogP contribution in [-0.2, 0) is 30.2 Å². The third-order valence-corrected chi connectivity index (χ3v) is 4.10. The normalized spacial score (nSPS) is 13.9. The zero-order valence-corrected chi connectivity index (χ0v) is 14.7. The van der Waals surface area contributed by atoms with Crippen molar-refractivity contribution in [1.82, 2.24) is 0 Å². The molecule has 0 aliphatic carbocycles. The van der Waals surface area contributed by atoms with Gasteiger partial charge in [-0.3, -0.25) is 9.59 Å². The Labute approximate surface area is 155 Å². The van der Waals surface area contributed by atoms with Crippen molar-refractivity contribution in [3.8, 4) is 0 Å². The predicted octanol–water partition coefficient (Wildman–Crippen LogP) is 2.77. The maximum Gasteiger partial charge on any atom is 0.374 e. The molecule has 1 aromatic carbocycles. The summed E-state index contributed by atoms with van der Waals surface area (Å²) in [5.74, 6) is -1.75. The molecule has 27 heavy (non-hydrogen) atoms. The van der Waals surface area contributed by atoms with E-state index >= 15 is 0 Å². The minimum atomic E-state index is -1.06. The number of esters is 1. The van der Waals surface area contributed by atoms with E-state index in [4.69, 9.17) is 13.9 Å². The fourth-order valence-electron chi connectivity index (χ4n) is 2.74. The molecule has 7 heteroatoms. The van der Waals surface area contributed by atoms with Gasteiger partial charge in [0, 0.05) is 0 Å². The number of ketones is 2. The summed E-state index contributed by atoms with van der Waals surface area (Å²) >= 11 is 0. The third-order valence-electron chi connectivity index (χ3n) is 4.10. The standard InChI is InChI=1S/C20H18O7/c1-24-20(23)16(22)10-15(21)18-8-7-17(27-18)14(19-11-25-12-26-19)9-13-5-3-2-4-6-13/h2-8,11,14H,9-10,12H2,1H3. The van der Waals surface area contributed by atoms with Crippen molar-refractivity contribution in [1.29, 1.82) is 0 Å². The number of Topliss-reactive ketones (excluding diaryl/α,β-unsaturated/α-hetero) is 2. The molecule has 3 rings (SSSR count). The maximum absolute atomic E-state index is 12.2. The van der Waals surface area contributed by atoms with Gasteiger partial charge < -0.3 is 18.6 Å². The lowest BCUT2D eigenvalue weighted by molar-refractivity contribution is -0.151. The summed E-state index contributed by atoms with van der Waals surface area (Å²) < 4.78 is 20.6. The molecule has 1 aliphatic heterocycles. The first-order valence-corrected chi connectivity index (χ1v) is 8.31. The van der Waals surface area contributed by atoms with Crippen LogP contribution in [0.15, 0.2) is 58.9 Å². The Morgan fingerprint density at radius 2 is 1.89 bits per heavy atom. The lowest BCUT2D eigenvalue weighted by Crippen LogP contribution is -2.19. The zero-order valence-electron chi connectivity index (χ0n) is 14.7. The Hall–Kier alpha value is -3.35. The molecule has 1 aromatic heterocycles. The minimum absolute atomic E-state index is 0.000157. The molecule has 2 aromatic rings. The first-order valence-electron chi connectivity index (χ1n) is 8.31. The number of rotatable bonds is 8. The second-order valence-electron chi connectivity index (χ2n) is 5.91. The maximum atomic E-state index is 12.2.